The van der Waals surface area contributed by atoms with E-state index in [0.717, 1.165) is 54.6 Å². The number of carbonyl (C=O) groups is 1. The topological polar surface area (TPSA) is 46.9 Å². The highest BCUT2D eigenvalue weighted by atomic mass is 19.1. The van der Waals surface area contributed by atoms with Crippen LogP contribution in [-0.4, -0.2) is 22.0 Å². The number of benzene rings is 2. The molecule has 27 heavy (non-hydrogen) atoms. The van der Waals surface area contributed by atoms with Gasteiger partial charge in [-0.2, -0.15) is 0 Å². The highest BCUT2D eigenvalue weighted by molar-refractivity contribution is 5.76. The monoisotopic (exact) mass is 367 g/mol. The number of nitrogens with one attached hydrogen (secondary N) is 1. The van der Waals surface area contributed by atoms with Crippen molar-refractivity contribution in [3.8, 4) is 0 Å². The van der Waals surface area contributed by atoms with E-state index in [9.17, 15) is 9.18 Å². The first-order chi connectivity index (χ1) is 13.2. The van der Waals surface area contributed by atoms with Crippen LogP contribution in [-0.2, 0) is 17.8 Å². The largest absolute Gasteiger partial charge is 0.356 e. The molecule has 1 amide bonds. The molecule has 1 aromatic heterocycles. The summed E-state index contributed by atoms with van der Waals surface area (Å²) in [5.41, 5.74) is 3.15. The van der Waals surface area contributed by atoms with Crippen LogP contribution < -0.4 is 5.32 Å². The maximum absolute atomic E-state index is 13.2. The van der Waals surface area contributed by atoms with E-state index < -0.39 is 0 Å². The minimum Gasteiger partial charge on any atom is -0.356 e. The van der Waals surface area contributed by atoms with Gasteiger partial charge < -0.3 is 9.88 Å². The Morgan fingerprint density at radius 3 is 2.63 bits per heavy atom. The van der Waals surface area contributed by atoms with Crippen LogP contribution in [0.25, 0.3) is 11.0 Å². The van der Waals surface area contributed by atoms with Gasteiger partial charge in [0.1, 0.15) is 11.6 Å². The van der Waals surface area contributed by atoms with Gasteiger partial charge in [-0.3, -0.25) is 4.79 Å². The lowest BCUT2D eigenvalue weighted by molar-refractivity contribution is -0.120. The molecule has 0 aliphatic carbocycles. The van der Waals surface area contributed by atoms with Gasteiger partial charge in [-0.15, -0.1) is 0 Å². The van der Waals surface area contributed by atoms with Crippen LogP contribution in [0.15, 0.2) is 48.5 Å². The molecule has 1 N–H and O–H groups in total. The molecule has 0 fully saturated rings. The number of amides is 1. The summed E-state index contributed by atoms with van der Waals surface area (Å²) in [6, 6.07) is 14.8. The Hall–Kier alpha value is -2.69. The van der Waals surface area contributed by atoms with Crippen molar-refractivity contribution in [1.29, 1.82) is 0 Å². The molecule has 0 aliphatic rings. The SMILES string of the molecule is CCC(=O)NCCCCCc1nc2ccccc2n1Cc1ccc(F)cc1. The zero-order chi connectivity index (χ0) is 19.1. The third-order valence-electron chi connectivity index (χ3n) is 4.71. The van der Waals surface area contributed by atoms with Crippen molar-refractivity contribution < 1.29 is 9.18 Å². The van der Waals surface area contributed by atoms with Gasteiger partial charge in [0, 0.05) is 25.9 Å². The van der Waals surface area contributed by atoms with E-state index in [2.05, 4.69) is 16.0 Å². The molecule has 0 aliphatic heterocycles. The second-order valence-corrected chi connectivity index (χ2v) is 6.74. The van der Waals surface area contributed by atoms with Gasteiger partial charge in [-0.05, 0) is 42.7 Å². The number of hydrogen-bond acceptors (Lipinski definition) is 2. The number of imidazole rings is 1. The molecule has 4 nitrogen and oxygen atoms in total. The van der Waals surface area contributed by atoms with Crippen molar-refractivity contribution >= 4 is 16.9 Å². The van der Waals surface area contributed by atoms with Crippen molar-refractivity contribution in [3.63, 3.8) is 0 Å². The summed E-state index contributed by atoms with van der Waals surface area (Å²) in [5, 5.41) is 2.91. The van der Waals surface area contributed by atoms with E-state index >= 15 is 0 Å². The van der Waals surface area contributed by atoms with E-state index in [4.69, 9.17) is 4.98 Å². The minimum atomic E-state index is -0.218. The Balaban J connectivity index is 1.65. The molecule has 142 valence electrons. The van der Waals surface area contributed by atoms with Gasteiger partial charge in [0.2, 0.25) is 5.91 Å². The molecule has 0 bridgehead atoms. The summed E-state index contributed by atoms with van der Waals surface area (Å²) in [5.74, 6) is 0.943. The normalized spacial score (nSPS) is 11.0. The molecule has 0 atom stereocenters. The van der Waals surface area contributed by atoms with E-state index in [1.165, 1.54) is 12.1 Å². The van der Waals surface area contributed by atoms with Gasteiger partial charge in [0.25, 0.3) is 0 Å². The fourth-order valence-electron chi connectivity index (χ4n) is 3.20. The van der Waals surface area contributed by atoms with Crippen molar-refractivity contribution in [2.75, 3.05) is 6.54 Å². The summed E-state index contributed by atoms with van der Waals surface area (Å²) in [6.45, 7) is 3.28. The van der Waals surface area contributed by atoms with Crippen LogP contribution >= 0.6 is 0 Å². The zero-order valence-electron chi connectivity index (χ0n) is 15.7. The number of aryl methyl sites for hydroxylation is 1. The van der Waals surface area contributed by atoms with Gasteiger partial charge >= 0.3 is 0 Å². The fraction of sp³-hybridized carbons (Fsp3) is 0.364. The standard InChI is InChI=1S/C22H26FN3O/c1-2-22(27)24-15-7-3-4-10-21-25-19-8-5-6-9-20(19)26(21)16-17-11-13-18(23)14-12-17/h5-6,8-9,11-14H,2-4,7,10,15-16H2,1H3,(H,24,27). The number of unbranched alkanes of at least 4 members (excludes halogenated alkanes) is 2. The van der Waals surface area contributed by atoms with Gasteiger partial charge in [0.15, 0.2) is 0 Å². The third kappa shape index (κ3) is 5.16. The lowest BCUT2D eigenvalue weighted by atomic mass is 10.1. The van der Waals surface area contributed by atoms with Gasteiger partial charge in [0.05, 0.1) is 11.0 Å². The smallest absolute Gasteiger partial charge is 0.219 e. The molecule has 0 radical (unpaired) electrons. The summed E-state index contributed by atoms with van der Waals surface area (Å²) in [6.07, 6.45) is 4.47. The number of nitrogens with zero attached hydrogens (tertiary/aromatic N) is 2. The quantitative estimate of drug-likeness (QED) is 0.568. The average Bonchev–Trinajstić information content (AvgIpc) is 3.03. The molecule has 5 heteroatoms. The Labute approximate surface area is 159 Å². The highest BCUT2D eigenvalue weighted by Gasteiger charge is 2.11. The molecule has 0 saturated carbocycles. The average molecular weight is 367 g/mol. The van der Waals surface area contributed by atoms with E-state index in [-0.39, 0.29) is 11.7 Å². The number of fused-ring (bicyclic) bond motifs is 1. The molecular weight excluding hydrogens is 341 g/mol. The molecule has 2 aromatic carbocycles. The van der Waals surface area contributed by atoms with Crippen LogP contribution in [0.3, 0.4) is 0 Å². The number of rotatable bonds is 9. The van der Waals surface area contributed by atoms with Crippen molar-refractivity contribution in [2.24, 2.45) is 0 Å². The second-order valence-electron chi connectivity index (χ2n) is 6.74. The predicted molar refractivity (Wildman–Crippen MR) is 106 cm³/mol. The first-order valence-corrected chi connectivity index (χ1v) is 9.62. The lowest BCUT2D eigenvalue weighted by Gasteiger charge is -2.10. The van der Waals surface area contributed by atoms with Gasteiger partial charge in [-0.1, -0.05) is 37.6 Å². The number of para-hydroxylation sites is 2. The van der Waals surface area contributed by atoms with E-state index in [1.807, 2.05) is 37.3 Å². The second kappa shape index (κ2) is 9.31. The first kappa shape index (κ1) is 19.1. The summed E-state index contributed by atoms with van der Waals surface area (Å²) in [4.78, 5) is 16.1. The van der Waals surface area contributed by atoms with Crippen LogP contribution in [0.2, 0.25) is 0 Å². The molecule has 0 saturated heterocycles. The molecule has 3 aromatic rings. The number of halogens is 1. The van der Waals surface area contributed by atoms with Crippen molar-refractivity contribution in [2.45, 2.75) is 45.6 Å². The third-order valence-corrected chi connectivity index (χ3v) is 4.71. The summed E-state index contributed by atoms with van der Waals surface area (Å²) >= 11 is 0. The molecule has 1 heterocycles. The number of hydrogen-bond donors (Lipinski definition) is 1. The Kier molecular flexibility index (Phi) is 6.58. The maximum atomic E-state index is 13.2. The maximum Gasteiger partial charge on any atom is 0.219 e. The van der Waals surface area contributed by atoms with Gasteiger partial charge in [-0.25, -0.2) is 9.37 Å². The Morgan fingerprint density at radius 1 is 1.07 bits per heavy atom. The first-order valence-electron chi connectivity index (χ1n) is 9.62. The minimum absolute atomic E-state index is 0.107. The number of carbonyl (C=O) groups excluding carboxylic acids is 1. The summed E-state index contributed by atoms with van der Waals surface area (Å²) in [7, 11) is 0. The highest BCUT2D eigenvalue weighted by Crippen LogP contribution is 2.20. The van der Waals surface area contributed by atoms with Crippen LogP contribution in [0.5, 0.6) is 0 Å². The predicted octanol–water partition coefficient (Wildman–Crippen LogP) is 4.46. The van der Waals surface area contributed by atoms with E-state index in [1.54, 1.807) is 0 Å². The van der Waals surface area contributed by atoms with E-state index in [0.29, 0.717) is 13.0 Å². The summed E-state index contributed by atoms with van der Waals surface area (Å²) < 4.78 is 15.4. The zero-order valence-corrected chi connectivity index (χ0v) is 15.7. The Bertz CT molecular complexity index is 886. The molecular formula is C22H26FN3O. The molecule has 0 unspecified atom stereocenters. The molecule has 3 rings (SSSR count). The van der Waals surface area contributed by atoms with Crippen LogP contribution in [0.4, 0.5) is 4.39 Å². The van der Waals surface area contributed by atoms with Crippen molar-refractivity contribution in [3.05, 3.63) is 65.7 Å². The Morgan fingerprint density at radius 2 is 1.85 bits per heavy atom. The fourth-order valence-corrected chi connectivity index (χ4v) is 3.20. The van der Waals surface area contributed by atoms with Crippen molar-refractivity contribution in [1.82, 2.24) is 14.9 Å². The van der Waals surface area contributed by atoms with Crippen LogP contribution in [0.1, 0.15) is 44.0 Å². The van der Waals surface area contributed by atoms with Crippen LogP contribution in [0, 0.1) is 5.82 Å². The lowest BCUT2D eigenvalue weighted by Crippen LogP contribution is -2.23. The number of aromatic nitrogens is 2. The molecule has 0 spiro atoms.